The second-order valence-electron chi connectivity index (χ2n) is 8.93. The molecular weight excluding hydrogens is 512 g/mol. The van der Waals surface area contributed by atoms with Crippen molar-refractivity contribution in [2.75, 3.05) is 39.4 Å². The summed E-state index contributed by atoms with van der Waals surface area (Å²) >= 11 is 3.46. The molecule has 182 valence electrons. The average molecular weight is 539 g/mol. The van der Waals surface area contributed by atoms with Gasteiger partial charge >= 0.3 is 0 Å². The van der Waals surface area contributed by atoms with Gasteiger partial charge in [-0.1, -0.05) is 34.1 Å². The Kier molecular flexibility index (Phi) is 6.48. The smallest absolute Gasteiger partial charge is 0.295 e. The van der Waals surface area contributed by atoms with Gasteiger partial charge in [-0.3, -0.25) is 18.9 Å². The number of imidazole rings is 1. The highest BCUT2D eigenvalue weighted by Crippen LogP contribution is 2.40. The van der Waals surface area contributed by atoms with Crippen molar-refractivity contribution in [3.05, 3.63) is 75.2 Å². The molecule has 8 nitrogen and oxygen atoms in total. The van der Waals surface area contributed by atoms with Crippen molar-refractivity contribution >= 4 is 39.0 Å². The number of aliphatic hydroxyl groups excluding tert-OH is 1. The summed E-state index contributed by atoms with van der Waals surface area (Å²) in [6.45, 7) is 7.61. The van der Waals surface area contributed by atoms with Crippen LogP contribution in [0.2, 0.25) is 0 Å². The van der Waals surface area contributed by atoms with E-state index in [0.717, 1.165) is 28.7 Å². The zero-order valence-electron chi connectivity index (χ0n) is 19.7. The zero-order chi connectivity index (χ0) is 24.7. The molecular formula is C26H27BrN4O4. The summed E-state index contributed by atoms with van der Waals surface area (Å²) in [4.78, 5) is 35.1. The summed E-state index contributed by atoms with van der Waals surface area (Å²) in [5.74, 6) is -1.49. The molecule has 2 fully saturated rings. The molecule has 1 N–H and O–H groups in total. The van der Waals surface area contributed by atoms with E-state index in [1.165, 1.54) is 0 Å². The van der Waals surface area contributed by atoms with Crippen LogP contribution in [-0.2, 0) is 14.3 Å². The Morgan fingerprint density at radius 2 is 1.83 bits per heavy atom. The standard InChI is InChI=1S/C26H27BrN4O4/c1-16-4-3-9-30-21(17(2)28-25(16)30)23(32)20-22(18-5-7-19(27)8-6-18)31(26(34)24(20)33)11-10-29-12-14-35-15-13-29/h3-9,22,32H,10-15H2,1-2H3/t22-/m1/s1. The number of aryl methyl sites for hydroxylation is 2. The Balaban J connectivity index is 1.62. The lowest BCUT2D eigenvalue weighted by atomic mass is 9.96. The van der Waals surface area contributed by atoms with Crippen LogP contribution >= 0.6 is 15.9 Å². The van der Waals surface area contributed by atoms with Gasteiger partial charge in [0.1, 0.15) is 11.3 Å². The molecule has 0 aliphatic carbocycles. The number of aliphatic hydroxyl groups is 1. The van der Waals surface area contributed by atoms with E-state index in [4.69, 9.17) is 4.74 Å². The number of carbonyl (C=O) groups is 2. The molecule has 2 aromatic heterocycles. The number of carbonyl (C=O) groups excluding carboxylic acids is 2. The molecule has 0 bridgehead atoms. The lowest BCUT2D eigenvalue weighted by molar-refractivity contribution is -0.140. The molecule has 35 heavy (non-hydrogen) atoms. The maximum absolute atomic E-state index is 13.4. The van der Waals surface area contributed by atoms with E-state index in [1.807, 2.05) is 43.3 Å². The predicted molar refractivity (Wildman–Crippen MR) is 135 cm³/mol. The van der Waals surface area contributed by atoms with Gasteiger partial charge in [-0.05, 0) is 43.2 Å². The number of halogens is 1. The topological polar surface area (TPSA) is 87.4 Å². The highest BCUT2D eigenvalue weighted by molar-refractivity contribution is 9.10. The van der Waals surface area contributed by atoms with Gasteiger partial charge in [-0.2, -0.15) is 0 Å². The van der Waals surface area contributed by atoms with Crippen LogP contribution in [-0.4, -0.2) is 75.4 Å². The largest absolute Gasteiger partial charge is 0.505 e. The van der Waals surface area contributed by atoms with E-state index in [9.17, 15) is 14.7 Å². The minimum absolute atomic E-state index is 0.0886. The van der Waals surface area contributed by atoms with Crippen molar-refractivity contribution in [1.82, 2.24) is 19.2 Å². The Hall–Kier alpha value is -3.01. The van der Waals surface area contributed by atoms with Crippen LogP contribution in [0.3, 0.4) is 0 Å². The molecule has 0 saturated carbocycles. The van der Waals surface area contributed by atoms with Crippen molar-refractivity contribution in [3.8, 4) is 0 Å². The Morgan fingerprint density at radius 1 is 1.11 bits per heavy atom. The molecule has 5 rings (SSSR count). The number of pyridine rings is 1. The van der Waals surface area contributed by atoms with Crippen LogP contribution in [0.1, 0.15) is 28.6 Å². The van der Waals surface area contributed by atoms with Crippen LogP contribution in [0.5, 0.6) is 0 Å². The molecule has 1 aromatic carbocycles. The quantitative estimate of drug-likeness (QED) is 0.304. The molecule has 2 aliphatic heterocycles. The number of aromatic nitrogens is 2. The number of Topliss-reactive ketones (excluding diaryl/α,β-unsaturated/α-hetero) is 1. The number of rotatable bonds is 5. The average Bonchev–Trinajstić information content (AvgIpc) is 3.33. The van der Waals surface area contributed by atoms with Crippen molar-refractivity contribution in [1.29, 1.82) is 0 Å². The minimum atomic E-state index is -0.695. The van der Waals surface area contributed by atoms with Crippen molar-refractivity contribution < 1.29 is 19.4 Å². The molecule has 0 unspecified atom stereocenters. The van der Waals surface area contributed by atoms with Crippen LogP contribution in [0, 0.1) is 13.8 Å². The summed E-state index contributed by atoms with van der Waals surface area (Å²) in [5.41, 5.74) is 3.52. The van der Waals surface area contributed by atoms with E-state index in [-0.39, 0.29) is 11.3 Å². The van der Waals surface area contributed by atoms with Crippen LogP contribution < -0.4 is 0 Å². The second-order valence-corrected chi connectivity index (χ2v) is 9.84. The first-order valence-electron chi connectivity index (χ1n) is 11.7. The van der Waals surface area contributed by atoms with Gasteiger partial charge in [-0.15, -0.1) is 0 Å². The third kappa shape index (κ3) is 4.28. The Morgan fingerprint density at radius 3 is 2.54 bits per heavy atom. The van der Waals surface area contributed by atoms with E-state index >= 15 is 0 Å². The fraction of sp³-hybridized carbons (Fsp3) is 0.346. The number of ether oxygens (including phenoxy) is 1. The van der Waals surface area contributed by atoms with Crippen LogP contribution in [0.15, 0.2) is 52.6 Å². The maximum atomic E-state index is 13.4. The predicted octanol–water partition coefficient (Wildman–Crippen LogP) is 3.47. The molecule has 0 spiro atoms. The molecule has 2 aliphatic rings. The normalized spacial score (nSPS) is 20.8. The first-order chi connectivity index (χ1) is 16.9. The summed E-state index contributed by atoms with van der Waals surface area (Å²) in [5, 5.41) is 11.6. The number of hydrogen-bond acceptors (Lipinski definition) is 6. The number of benzene rings is 1. The number of nitrogens with zero attached hydrogens (tertiary/aromatic N) is 4. The molecule has 9 heteroatoms. The first-order valence-corrected chi connectivity index (χ1v) is 12.4. The SMILES string of the molecule is Cc1nc2c(C)cccn2c1C(O)=C1C(=O)C(=O)N(CCN2CCOCC2)[C@@H]1c1ccc(Br)cc1. The van der Waals surface area contributed by atoms with Gasteiger partial charge in [0.25, 0.3) is 11.7 Å². The Bertz CT molecular complexity index is 1330. The second kappa shape index (κ2) is 9.56. The number of ketones is 1. The molecule has 1 amide bonds. The van der Waals surface area contributed by atoms with E-state index in [2.05, 4.69) is 25.8 Å². The number of likely N-dealkylation sites (tertiary alicyclic amines) is 1. The lowest BCUT2D eigenvalue weighted by Gasteiger charge is -2.31. The highest BCUT2D eigenvalue weighted by atomic mass is 79.9. The minimum Gasteiger partial charge on any atom is -0.505 e. The van der Waals surface area contributed by atoms with E-state index in [0.29, 0.717) is 43.3 Å². The van der Waals surface area contributed by atoms with Gasteiger partial charge in [0, 0.05) is 36.8 Å². The van der Waals surface area contributed by atoms with Gasteiger partial charge in [0.15, 0.2) is 5.76 Å². The molecule has 3 aromatic rings. The number of morpholine rings is 1. The lowest BCUT2D eigenvalue weighted by Crippen LogP contribution is -2.42. The number of fused-ring (bicyclic) bond motifs is 1. The third-order valence-corrected chi connectivity index (χ3v) is 7.26. The highest BCUT2D eigenvalue weighted by Gasteiger charge is 2.46. The van der Waals surface area contributed by atoms with E-state index in [1.54, 1.807) is 22.4 Å². The number of amides is 1. The summed E-state index contributed by atoms with van der Waals surface area (Å²) in [7, 11) is 0. The van der Waals surface area contributed by atoms with E-state index < -0.39 is 17.7 Å². The molecule has 2 saturated heterocycles. The van der Waals surface area contributed by atoms with Crippen LogP contribution in [0.25, 0.3) is 11.4 Å². The van der Waals surface area contributed by atoms with Crippen molar-refractivity contribution in [2.45, 2.75) is 19.9 Å². The van der Waals surface area contributed by atoms with Gasteiger partial charge < -0.3 is 14.7 Å². The monoisotopic (exact) mass is 538 g/mol. The summed E-state index contributed by atoms with van der Waals surface area (Å²) < 4.78 is 8.09. The molecule has 1 atom stereocenters. The van der Waals surface area contributed by atoms with Gasteiger partial charge in [0.05, 0.1) is 30.5 Å². The molecule has 0 radical (unpaired) electrons. The fourth-order valence-electron chi connectivity index (χ4n) is 4.91. The van der Waals surface area contributed by atoms with Gasteiger partial charge in [0.2, 0.25) is 0 Å². The zero-order valence-corrected chi connectivity index (χ0v) is 21.3. The fourth-order valence-corrected chi connectivity index (χ4v) is 5.17. The van der Waals surface area contributed by atoms with Crippen molar-refractivity contribution in [2.24, 2.45) is 0 Å². The third-order valence-electron chi connectivity index (χ3n) is 6.73. The number of hydrogen-bond donors (Lipinski definition) is 1. The van der Waals surface area contributed by atoms with Crippen LogP contribution in [0.4, 0.5) is 0 Å². The maximum Gasteiger partial charge on any atom is 0.295 e. The summed E-state index contributed by atoms with van der Waals surface area (Å²) in [6.07, 6.45) is 1.81. The molecule has 4 heterocycles. The summed E-state index contributed by atoms with van der Waals surface area (Å²) in [6, 6.07) is 10.6. The first kappa shape index (κ1) is 23.7. The van der Waals surface area contributed by atoms with Gasteiger partial charge in [-0.25, -0.2) is 4.98 Å². The Labute approximate surface area is 211 Å². The van der Waals surface area contributed by atoms with Crippen molar-refractivity contribution in [3.63, 3.8) is 0 Å².